The number of rotatable bonds is 3. The summed E-state index contributed by atoms with van der Waals surface area (Å²) in [5.41, 5.74) is 6.01. The van der Waals surface area contributed by atoms with Crippen LogP contribution in [0.15, 0.2) is 60.7 Å². The van der Waals surface area contributed by atoms with Gasteiger partial charge in [0.2, 0.25) is 0 Å². The summed E-state index contributed by atoms with van der Waals surface area (Å²) >= 11 is 0. The number of aryl methyl sites for hydroxylation is 2. The Morgan fingerprint density at radius 3 is 2.33 bits per heavy atom. The molecule has 2 heteroatoms. The fourth-order valence-electron chi connectivity index (χ4n) is 2.58. The summed E-state index contributed by atoms with van der Waals surface area (Å²) < 4.78 is 7.60. The van der Waals surface area contributed by atoms with Crippen molar-refractivity contribution in [1.82, 2.24) is 4.57 Å². The Labute approximate surface area is 125 Å². The maximum atomic E-state index is 5.34. The van der Waals surface area contributed by atoms with Crippen LogP contribution in [0.1, 0.15) is 11.3 Å². The van der Waals surface area contributed by atoms with E-state index >= 15 is 0 Å². The molecule has 0 unspecified atom stereocenters. The van der Waals surface area contributed by atoms with Crippen molar-refractivity contribution in [2.24, 2.45) is 0 Å². The number of hydrogen-bond acceptors (Lipinski definition) is 1. The van der Waals surface area contributed by atoms with Crippen LogP contribution in [0.4, 0.5) is 0 Å². The van der Waals surface area contributed by atoms with Crippen LogP contribution in [0.2, 0.25) is 0 Å². The Morgan fingerprint density at radius 2 is 1.62 bits per heavy atom. The molecule has 0 atom stereocenters. The van der Waals surface area contributed by atoms with Gasteiger partial charge in [0, 0.05) is 17.4 Å². The number of ether oxygens (including phenoxy) is 1. The molecule has 2 nitrogen and oxygen atoms in total. The largest absolute Gasteiger partial charge is 0.497 e. The molecule has 0 aliphatic rings. The van der Waals surface area contributed by atoms with E-state index in [1.165, 1.54) is 22.5 Å². The fourth-order valence-corrected chi connectivity index (χ4v) is 2.58. The highest BCUT2D eigenvalue weighted by Gasteiger charge is 2.09. The lowest BCUT2D eigenvalue weighted by Gasteiger charge is -2.13. The van der Waals surface area contributed by atoms with Crippen molar-refractivity contribution in [3.05, 3.63) is 71.9 Å². The third kappa shape index (κ3) is 2.57. The second kappa shape index (κ2) is 5.49. The molecule has 0 aliphatic carbocycles. The average Bonchev–Trinajstić information content (AvgIpc) is 2.90. The summed E-state index contributed by atoms with van der Waals surface area (Å²) in [4.78, 5) is 0. The zero-order chi connectivity index (χ0) is 14.8. The molecule has 0 amide bonds. The summed E-state index contributed by atoms with van der Waals surface area (Å²) in [5.74, 6) is 0.871. The van der Waals surface area contributed by atoms with Gasteiger partial charge in [-0.15, -0.1) is 0 Å². The first-order valence-corrected chi connectivity index (χ1v) is 7.09. The number of nitrogens with zero attached hydrogens (tertiary/aromatic N) is 1. The second-order valence-corrected chi connectivity index (χ2v) is 5.26. The first kappa shape index (κ1) is 13.5. The summed E-state index contributed by atoms with van der Waals surface area (Å²) in [6.45, 7) is 4.23. The molecule has 0 spiro atoms. The average molecular weight is 277 g/mol. The second-order valence-electron chi connectivity index (χ2n) is 5.26. The molecule has 0 bridgehead atoms. The first-order chi connectivity index (χ1) is 10.2. The van der Waals surface area contributed by atoms with Crippen molar-refractivity contribution in [3.8, 4) is 22.7 Å². The molecule has 0 aliphatic heterocycles. The highest BCUT2D eigenvalue weighted by Crippen LogP contribution is 2.28. The van der Waals surface area contributed by atoms with Gasteiger partial charge >= 0.3 is 0 Å². The summed E-state index contributed by atoms with van der Waals surface area (Å²) in [6.07, 6.45) is 0. The number of hydrogen-bond donors (Lipinski definition) is 0. The van der Waals surface area contributed by atoms with Gasteiger partial charge in [-0.05, 0) is 43.7 Å². The number of benzene rings is 2. The fraction of sp³-hybridized carbons (Fsp3) is 0.158. The van der Waals surface area contributed by atoms with Crippen molar-refractivity contribution in [2.75, 3.05) is 7.11 Å². The minimum absolute atomic E-state index is 0.871. The predicted molar refractivity (Wildman–Crippen MR) is 87.2 cm³/mol. The van der Waals surface area contributed by atoms with Crippen molar-refractivity contribution in [2.45, 2.75) is 13.8 Å². The lowest BCUT2D eigenvalue weighted by molar-refractivity contribution is 0.414. The lowest BCUT2D eigenvalue weighted by atomic mass is 10.1. The molecule has 106 valence electrons. The van der Waals surface area contributed by atoms with Crippen molar-refractivity contribution >= 4 is 0 Å². The summed E-state index contributed by atoms with van der Waals surface area (Å²) in [5, 5.41) is 0. The van der Waals surface area contributed by atoms with E-state index in [-0.39, 0.29) is 0 Å². The van der Waals surface area contributed by atoms with E-state index < -0.39 is 0 Å². The van der Waals surface area contributed by atoms with Crippen LogP contribution in [0, 0.1) is 13.8 Å². The molecule has 0 saturated heterocycles. The van der Waals surface area contributed by atoms with Crippen molar-refractivity contribution in [3.63, 3.8) is 0 Å². The Balaban J connectivity index is 2.14. The molecular weight excluding hydrogens is 258 g/mol. The zero-order valence-electron chi connectivity index (χ0n) is 12.6. The third-order valence-electron chi connectivity index (χ3n) is 3.73. The van der Waals surface area contributed by atoms with Crippen LogP contribution in [0.5, 0.6) is 5.75 Å². The van der Waals surface area contributed by atoms with Gasteiger partial charge in [0.05, 0.1) is 12.8 Å². The molecule has 2 aromatic carbocycles. The van der Waals surface area contributed by atoms with E-state index in [9.17, 15) is 0 Å². The monoisotopic (exact) mass is 277 g/mol. The van der Waals surface area contributed by atoms with E-state index in [1.807, 2.05) is 12.1 Å². The van der Waals surface area contributed by atoms with Gasteiger partial charge in [-0.3, -0.25) is 0 Å². The van der Waals surface area contributed by atoms with E-state index in [1.54, 1.807) is 7.11 Å². The van der Waals surface area contributed by atoms with Gasteiger partial charge in [-0.1, -0.05) is 35.9 Å². The highest BCUT2D eigenvalue weighted by molar-refractivity contribution is 5.64. The minimum Gasteiger partial charge on any atom is -0.497 e. The van der Waals surface area contributed by atoms with E-state index in [4.69, 9.17) is 4.74 Å². The molecule has 0 N–H and O–H groups in total. The highest BCUT2D eigenvalue weighted by atomic mass is 16.5. The van der Waals surface area contributed by atoms with Gasteiger partial charge in [0.25, 0.3) is 0 Å². The summed E-state index contributed by atoms with van der Waals surface area (Å²) in [6, 6.07) is 21.1. The Kier molecular flexibility index (Phi) is 3.53. The Hall–Kier alpha value is -2.48. The van der Waals surface area contributed by atoms with Gasteiger partial charge in [-0.25, -0.2) is 0 Å². The van der Waals surface area contributed by atoms with Crippen molar-refractivity contribution in [1.29, 1.82) is 0 Å². The smallest absolute Gasteiger partial charge is 0.120 e. The molecule has 21 heavy (non-hydrogen) atoms. The van der Waals surface area contributed by atoms with E-state index in [0.29, 0.717) is 0 Å². The normalized spacial score (nSPS) is 10.6. The molecule has 3 rings (SSSR count). The minimum atomic E-state index is 0.871. The van der Waals surface area contributed by atoms with Crippen molar-refractivity contribution < 1.29 is 4.74 Å². The zero-order valence-corrected chi connectivity index (χ0v) is 12.6. The topological polar surface area (TPSA) is 14.2 Å². The SMILES string of the molecule is COc1cccc(-n2c(C)ccc2-c2ccc(C)cc2)c1. The van der Waals surface area contributed by atoms with Gasteiger partial charge in [0.15, 0.2) is 0 Å². The quantitative estimate of drug-likeness (QED) is 0.672. The first-order valence-electron chi connectivity index (χ1n) is 7.09. The standard InChI is InChI=1S/C19H19NO/c1-14-7-10-16(11-8-14)19-12-9-15(2)20(19)17-5-4-6-18(13-17)21-3/h4-13H,1-3H3. The van der Waals surface area contributed by atoms with Crippen LogP contribution in [-0.2, 0) is 0 Å². The molecule has 1 heterocycles. The van der Waals surface area contributed by atoms with Gasteiger partial charge in [0.1, 0.15) is 5.75 Å². The molecule has 0 radical (unpaired) electrons. The molecule has 3 aromatic rings. The van der Waals surface area contributed by atoms with Gasteiger partial charge in [-0.2, -0.15) is 0 Å². The van der Waals surface area contributed by atoms with E-state index in [2.05, 4.69) is 66.9 Å². The van der Waals surface area contributed by atoms with E-state index in [0.717, 1.165) is 11.4 Å². The van der Waals surface area contributed by atoms with Gasteiger partial charge < -0.3 is 9.30 Å². The molecule has 0 fully saturated rings. The van der Waals surface area contributed by atoms with Crippen LogP contribution in [0.3, 0.4) is 0 Å². The van der Waals surface area contributed by atoms with Crippen LogP contribution >= 0.6 is 0 Å². The summed E-state index contributed by atoms with van der Waals surface area (Å²) in [7, 11) is 1.70. The number of methoxy groups -OCH3 is 1. The molecule has 1 aromatic heterocycles. The van der Waals surface area contributed by atoms with Crippen LogP contribution < -0.4 is 4.74 Å². The molecular formula is C19H19NO. The van der Waals surface area contributed by atoms with Crippen LogP contribution in [0.25, 0.3) is 16.9 Å². The third-order valence-corrected chi connectivity index (χ3v) is 3.73. The predicted octanol–water partition coefficient (Wildman–Crippen LogP) is 4.77. The Bertz CT molecular complexity index is 753. The molecule has 0 saturated carbocycles. The maximum absolute atomic E-state index is 5.34. The number of aromatic nitrogens is 1. The Morgan fingerprint density at radius 1 is 0.857 bits per heavy atom. The lowest BCUT2D eigenvalue weighted by Crippen LogP contribution is -1.99. The van der Waals surface area contributed by atoms with Crippen LogP contribution in [-0.4, -0.2) is 11.7 Å². The maximum Gasteiger partial charge on any atom is 0.120 e.